The van der Waals surface area contributed by atoms with E-state index in [0.29, 0.717) is 6.54 Å². The Balaban J connectivity index is 1.87. The molecule has 27 heavy (non-hydrogen) atoms. The SMILES string of the molecule is N#C/C(=C/Nc1ccccc1C(F)(F)F)C(=O)N1CCCc2ccccc21. The fraction of sp³-hybridized carbons (Fsp3) is 0.200. The minimum absolute atomic E-state index is 0.218. The lowest BCUT2D eigenvalue weighted by Gasteiger charge is -2.29. The molecule has 0 aromatic heterocycles. The molecule has 0 radical (unpaired) electrons. The van der Waals surface area contributed by atoms with Crippen LogP contribution in [0.4, 0.5) is 24.5 Å². The smallest absolute Gasteiger partial charge is 0.360 e. The molecule has 0 saturated heterocycles. The van der Waals surface area contributed by atoms with Gasteiger partial charge in [-0.3, -0.25) is 4.79 Å². The molecule has 1 heterocycles. The molecule has 1 aliphatic heterocycles. The van der Waals surface area contributed by atoms with E-state index in [2.05, 4.69) is 5.32 Å². The van der Waals surface area contributed by atoms with E-state index in [9.17, 15) is 23.2 Å². The highest BCUT2D eigenvalue weighted by atomic mass is 19.4. The highest BCUT2D eigenvalue weighted by molar-refractivity contribution is 6.09. The third kappa shape index (κ3) is 3.95. The number of hydrogen-bond acceptors (Lipinski definition) is 3. The van der Waals surface area contributed by atoms with E-state index in [-0.39, 0.29) is 11.3 Å². The van der Waals surface area contributed by atoms with Gasteiger partial charge in [0.05, 0.1) is 11.3 Å². The van der Waals surface area contributed by atoms with Gasteiger partial charge in [0.25, 0.3) is 5.91 Å². The van der Waals surface area contributed by atoms with E-state index in [1.807, 2.05) is 12.1 Å². The molecule has 0 bridgehead atoms. The number of amides is 1. The van der Waals surface area contributed by atoms with Crippen molar-refractivity contribution in [3.8, 4) is 6.07 Å². The third-order valence-corrected chi connectivity index (χ3v) is 4.31. The molecule has 1 N–H and O–H groups in total. The first-order chi connectivity index (χ1) is 12.9. The number of aryl methyl sites for hydroxylation is 1. The molecule has 0 fully saturated rings. The summed E-state index contributed by atoms with van der Waals surface area (Å²) >= 11 is 0. The highest BCUT2D eigenvalue weighted by Gasteiger charge is 2.33. The number of halogens is 3. The van der Waals surface area contributed by atoms with Crippen molar-refractivity contribution in [3.63, 3.8) is 0 Å². The number of benzene rings is 2. The summed E-state index contributed by atoms with van der Waals surface area (Å²) in [5.74, 6) is -0.540. The van der Waals surface area contributed by atoms with Crippen LogP contribution in [0.5, 0.6) is 0 Å². The van der Waals surface area contributed by atoms with Gasteiger partial charge in [0.15, 0.2) is 0 Å². The summed E-state index contributed by atoms with van der Waals surface area (Å²) in [6, 6.07) is 14.1. The van der Waals surface area contributed by atoms with E-state index in [1.165, 1.54) is 23.1 Å². The number of alkyl halides is 3. The maximum Gasteiger partial charge on any atom is 0.418 e. The molecule has 7 heteroatoms. The predicted molar refractivity (Wildman–Crippen MR) is 95.9 cm³/mol. The Morgan fingerprint density at radius 2 is 1.85 bits per heavy atom. The lowest BCUT2D eigenvalue weighted by atomic mass is 10.0. The average molecular weight is 371 g/mol. The monoisotopic (exact) mass is 371 g/mol. The molecule has 0 aliphatic carbocycles. The van der Waals surface area contributed by atoms with Crippen LogP contribution in [0.2, 0.25) is 0 Å². The van der Waals surface area contributed by atoms with Crippen LogP contribution in [0, 0.1) is 11.3 Å². The number of hydrogen-bond donors (Lipinski definition) is 1. The summed E-state index contributed by atoms with van der Waals surface area (Å²) < 4.78 is 39.2. The molecule has 3 rings (SSSR count). The molecule has 138 valence electrons. The maximum atomic E-state index is 13.1. The summed E-state index contributed by atoms with van der Waals surface area (Å²) in [4.78, 5) is 14.3. The molecule has 0 spiro atoms. The number of carbonyl (C=O) groups excluding carboxylic acids is 1. The minimum Gasteiger partial charge on any atom is -0.360 e. The van der Waals surface area contributed by atoms with Crippen LogP contribution in [0.3, 0.4) is 0 Å². The van der Waals surface area contributed by atoms with Gasteiger partial charge in [-0.2, -0.15) is 18.4 Å². The molecule has 0 saturated carbocycles. The zero-order valence-electron chi connectivity index (χ0n) is 14.3. The summed E-state index contributed by atoms with van der Waals surface area (Å²) in [6.07, 6.45) is -1.92. The van der Waals surface area contributed by atoms with E-state index in [0.717, 1.165) is 36.4 Å². The number of para-hydroxylation sites is 2. The predicted octanol–water partition coefficient (Wildman–Crippen LogP) is 4.50. The van der Waals surface area contributed by atoms with Crippen molar-refractivity contribution in [1.29, 1.82) is 5.26 Å². The number of fused-ring (bicyclic) bond motifs is 1. The molecule has 2 aromatic rings. The molecule has 2 aromatic carbocycles. The fourth-order valence-electron chi connectivity index (χ4n) is 3.04. The van der Waals surface area contributed by atoms with Crippen LogP contribution in [0.15, 0.2) is 60.3 Å². The zero-order valence-corrected chi connectivity index (χ0v) is 14.3. The first kappa shape index (κ1) is 18.5. The van der Waals surface area contributed by atoms with Crippen LogP contribution >= 0.6 is 0 Å². The van der Waals surface area contributed by atoms with Crippen molar-refractivity contribution in [2.45, 2.75) is 19.0 Å². The lowest BCUT2D eigenvalue weighted by molar-refractivity contribution is -0.136. The first-order valence-electron chi connectivity index (χ1n) is 8.34. The van der Waals surface area contributed by atoms with Crippen LogP contribution in [-0.4, -0.2) is 12.5 Å². The first-order valence-corrected chi connectivity index (χ1v) is 8.34. The van der Waals surface area contributed by atoms with Crippen molar-refractivity contribution in [3.05, 3.63) is 71.4 Å². The summed E-state index contributed by atoms with van der Waals surface area (Å²) in [5, 5.41) is 11.8. The standard InChI is InChI=1S/C20H16F3N3O/c21-20(22,23)16-8-2-3-9-17(16)25-13-15(12-24)19(27)26-11-5-7-14-6-1-4-10-18(14)26/h1-4,6,8-10,13,25H,5,7,11H2/b15-13-. The molecule has 0 atom stereocenters. The van der Waals surface area contributed by atoms with Crippen molar-refractivity contribution < 1.29 is 18.0 Å². The quantitative estimate of drug-likeness (QED) is 0.638. The molecule has 0 unspecified atom stereocenters. The molecule has 1 amide bonds. The zero-order chi connectivity index (χ0) is 19.4. The maximum absolute atomic E-state index is 13.1. The Labute approximate surface area is 154 Å². The van der Waals surface area contributed by atoms with E-state index >= 15 is 0 Å². The van der Waals surface area contributed by atoms with Crippen molar-refractivity contribution >= 4 is 17.3 Å². The van der Waals surface area contributed by atoms with Gasteiger partial charge < -0.3 is 10.2 Å². The van der Waals surface area contributed by atoms with E-state index in [1.54, 1.807) is 18.2 Å². The van der Waals surface area contributed by atoms with Crippen LogP contribution in [0.1, 0.15) is 17.5 Å². The number of carbonyl (C=O) groups is 1. The topological polar surface area (TPSA) is 56.1 Å². The van der Waals surface area contributed by atoms with Gasteiger partial charge in [-0.15, -0.1) is 0 Å². The number of anilines is 2. The summed E-state index contributed by atoms with van der Waals surface area (Å²) in [7, 11) is 0. The lowest BCUT2D eigenvalue weighted by Crippen LogP contribution is -2.36. The Morgan fingerprint density at radius 1 is 1.15 bits per heavy atom. The Hall–Kier alpha value is -3.27. The Bertz CT molecular complexity index is 929. The second-order valence-corrected chi connectivity index (χ2v) is 6.05. The summed E-state index contributed by atoms with van der Waals surface area (Å²) in [5.41, 5.74) is 0.387. The van der Waals surface area contributed by atoms with Gasteiger partial charge in [-0.05, 0) is 36.6 Å². The van der Waals surface area contributed by atoms with Crippen LogP contribution in [-0.2, 0) is 17.4 Å². The second kappa shape index (κ2) is 7.54. The van der Waals surface area contributed by atoms with Crippen molar-refractivity contribution in [2.75, 3.05) is 16.8 Å². The minimum atomic E-state index is -4.54. The van der Waals surface area contributed by atoms with E-state index in [4.69, 9.17) is 0 Å². The third-order valence-electron chi connectivity index (χ3n) is 4.31. The Morgan fingerprint density at radius 3 is 2.59 bits per heavy atom. The van der Waals surface area contributed by atoms with Gasteiger partial charge in [-0.1, -0.05) is 30.3 Å². The van der Waals surface area contributed by atoms with Gasteiger partial charge in [0.1, 0.15) is 11.6 Å². The molecular weight excluding hydrogens is 355 g/mol. The molecule has 4 nitrogen and oxygen atoms in total. The van der Waals surface area contributed by atoms with E-state index < -0.39 is 17.6 Å². The van der Waals surface area contributed by atoms with Gasteiger partial charge in [0.2, 0.25) is 0 Å². The molecule has 1 aliphatic rings. The van der Waals surface area contributed by atoms with Gasteiger partial charge in [-0.25, -0.2) is 0 Å². The summed E-state index contributed by atoms with van der Waals surface area (Å²) in [6.45, 7) is 0.452. The number of nitrogens with one attached hydrogen (secondary N) is 1. The van der Waals surface area contributed by atoms with Crippen molar-refractivity contribution in [1.82, 2.24) is 0 Å². The normalized spacial score (nSPS) is 14.3. The van der Waals surface area contributed by atoms with Gasteiger partial charge in [0, 0.05) is 18.4 Å². The van der Waals surface area contributed by atoms with Crippen molar-refractivity contribution in [2.24, 2.45) is 0 Å². The number of nitrogens with zero attached hydrogens (tertiary/aromatic N) is 2. The highest BCUT2D eigenvalue weighted by Crippen LogP contribution is 2.34. The van der Waals surface area contributed by atoms with Crippen LogP contribution in [0.25, 0.3) is 0 Å². The average Bonchev–Trinajstić information content (AvgIpc) is 2.67. The fourth-order valence-corrected chi connectivity index (χ4v) is 3.04. The molecular formula is C20H16F3N3O. The number of rotatable bonds is 3. The number of nitriles is 1. The second-order valence-electron chi connectivity index (χ2n) is 6.05. The van der Waals surface area contributed by atoms with Crippen LogP contribution < -0.4 is 10.2 Å². The van der Waals surface area contributed by atoms with Gasteiger partial charge >= 0.3 is 6.18 Å². The Kier molecular flexibility index (Phi) is 5.17. The largest absolute Gasteiger partial charge is 0.418 e.